The molecule has 11 nitrogen and oxygen atoms in total. The quantitative estimate of drug-likeness (QED) is 0.288. The Morgan fingerprint density at radius 3 is 2.78 bits per heavy atom. The van der Waals surface area contributed by atoms with Crippen molar-refractivity contribution >= 4 is 63.3 Å². The van der Waals surface area contributed by atoms with Crippen molar-refractivity contribution in [2.45, 2.75) is 61.6 Å². The summed E-state index contributed by atoms with van der Waals surface area (Å²) in [6.07, 6.45) is 5.18. The molecule has 0 unspecified atom stereocenters. The van der Waals surface area contributed by atoms with E-state index in [2.05, 4.69) is 35.1 Å². The number of hydrogen-bond donors (Lipinski definition) is 3. The van der Waals surface area contributed by atoms with Crippen LogP contribution in [0.15, 0.2) is 44.9 Å². The van der Waals surface area contributed by atoms with E-state index in [1.807, 2.05) is 26.3 Å². The number of anilines is 2. The van der Waals surface area contributed by atoms with Crippen molar-refractivity contribution in [2.24, 2.45) is 5.41 Å². The number of hydrogen-bond acceptors (Lipinski definition) is 11. The van der Waals surface area contributed by atoms with Gasteiger partial charge in [0.25, 0.3) is 5.56 Å². The number of carbonyl (C=O) groups is 1. The van der Waals surface area contributed by atoms with Gasteiger partial charge in [0.15, 0.2) is 5.82 Å². The van der Waals surface area contributed by atoms with Crippen LogP contribution in [0, 0.1) is 5.41 Å². The lowest BCUT2D eigenvalue weighted by atomic mass is 9.73. The molecule has 14 heteroatoms. The van der Waals surface area contributed by atoms with E-state index in [-0.39, 0.29) is 22.8 Å². The van der Waals surface area contributed by atoms with Gasteiger partial charge >= 0.3 is 6.09 Å². The highest BCUT2D eigenvalue weighted by Gasteiger charge is 2.50. The summed E-state index contributed by atoms with van der Waals surface area (Å²) >= 11 is 9.43. The van der Waals surface area contributed by atoms with Gasteiger partial charge < -0.3 is 25.7 Å². The smallest absolute Gasteiger partial charge is 0.408 e. The number of nitrogens with zero attached hydrogens (tertiary/aromatic N) is 5. The number of nitrogens with one attached hydrogen (secondary N) is 2. The second kappa shape index (κ2) is 10.4. The summed E-state index contributed by atoms with van der Waals surface area (Å²) < 4.78 is 5.57. The second-order valence-corrected chi connectivity index (χ2v) is 13.6. The number of H-pyrrole nitrogens is 1. The highest BCUT2D eigenvalue weighted by atomic mass is 35.5. The first kappa shape index (κ1) is 27.7. The van der Waals surface area contributed by atoms with Crippen LogP contribution in [0.5, 0.6) is 0 Å². The molecule has 4 N–H and O–H groups in total. The molecule has 41 heavy (non-hydrogen) atoms. The molecule has 3 aromatic heterocycles. The van der Waals surface area contributed by atoms with Crippen molar-refractivity contribution in [3.05, 3.63) is 56.1 Å². The minimum atomic E-state index is -0.582. The lowest BCUT2D eigenvalue weighted by molar-refractivity contribution is 0.0425. The van der Waals surface area contributed by atoms with Crippen LogP contribution in [0.4, 0.5) is 16.4 Å². The molecule has 2 aliphatic rings. The van der Waals surface area contributed by atoms with Gasteiger partial charge in [0.2, 0.25) is 0 Å². The molecule has 1 aliphatic heterocycles. The second-order valence-electron chi connectivity index (χ2n) is 11.3. The summed E-state index contributed by atoms with van der Waals surface area (Å²) in [4.78, 5) is 49.6. The van der Waals surface area contributed by atoms with Gasteiger partial charge in [-0.1, -0.05) is 23.4 Å². The van der Waals surface area contributed by atoms with Crippen LogP contribution in [0.25, 0.3) is 10.9 Å². The van der Waals surface area contributed by atoms with Crippen LogP contribution in [0.2, 0.25) is 5.02 Å². The number of thiazole rings is 1. The molecular weight excluding hydrogens is 584 g/mol. The van der Waals surface area contributed by atoms with E-state index in [1.54, 1.807) is 29.7 Å². The molecule has 1 atom stereocenters. The molecule has 4 aromatic rings. The molecule has 1 saturated heterocycles. The van der Waals surface area contributed by atoms with Crippen LogP contribution in [-0.2, 0) is 11.2 Å². The fourth-order valence-electron chi connectivity index (χ4n) is 5.55. The minimum Gasteiger partial charge on any atom is -0.444 e. The number of rotatable bonds is 4. The predicted octanol–water partition coefficient (Wildman–Crippen LogP) is 4.97. The lowest BCUT2D eigenvalue weighted by Crippen LogP contribution is -2.48. The molecule has 1 amide bonds. The van der Waals surface area contributed by atoms with E-state index >= 15 is 0 Å². The first-order chi connectivity index (χ1) is 19.5. The summed E-state index contributed by atoms with van der Waals surface area (Å²) in [5.41, 5.74) is 8.61. The Labute approximate surface area is 249 Å². The Kier molecular flexibility index (Phi) is 7.07. The number of aromatic nitrogens is 5. The fourth-order valence-corrected chi connectivity index (χ4v) is 7.66. The van der Waals surface area contributed by atoms with E-state index in [0.717, 1.165) is 38.0 Å². The number of piperidine rings is 1. The van der Waals surface area contributed by atoms with Crippen molar-refractivity contribution in [3.63, 3.8) is 0 Å². The number of amides is 1. The van der Waals surface area contributed by atoms with Crippen molar-refractivity contribution < 1.29 is 9.53 Å². The maximum Gasteiger partial charge on any atom is 0.408 e. The monoisotopic (exact) mass is 612 g/mol. The van der Waals surface area contributed by atoms with Crippen molar-refractivity contribution in [3.8, 4) is 0 Å². The zero-order valence-electron chi connectivity index (χ0n) is 22.7. The van der Waals surface area contributed by atoms with Crippen LogP contribution in [-0.4, -0.2) is 49.7 Å². The third-order valence-corrected chi connectivity index (χ3v) is 9.91. The van der Waals surface area contributed by atoms with Crippen molar-refractivity contribution in [1.29, 1.82) is 0 Å². The molecule has 1 fully saturated rings. The molecule has 1 spiro atoms. The Balaban J connectivity index is 1.17. The molecular formula is C27H29ClN8O3S2. The molecule has 6 rings (SSSR count). The number of nitrogen functional groups attached to an aromatic ring is 1. The molecule has 1 aromatic carbocycles. The zero-order valence-corrected chi connectivity index (χ0v) is 25.1. The molecule has 0 saturated carbocycles. The number of carbonyl (C=O) groups excluding carboxylic acids is 1. The topological polar surface area (TPSA) is 152 Å². The maximum atomic E-state index is 12.7. The number of halogens is 1. The summed E-state index contributed by atoms with van der Waals surface area (Å²) in [7, 11) is 0. The molecule has 0 radical (unpaired) electrons. The average Bonchev–Trinajstić information content (AvgIpc) is 3.46. The van der Waals surface area contributed by atoms with Gasteiger partial charge in [-0.05, 0) is 52.2 Å². The van der Waals surface area contributed by atoms with Gasteiger partial charge in [0.05, 0.1) is 45.7 Å². The first-order valence-corrected chi connectivity index (χ1v) is 15.2. The number of alkyl carbamates (subject to hydrolysis) is 1. The maximum absolute atomic E-state index is 12.7. The van der Waals surface area contributed by atoms with E-state index < -0.39 is 11.7 Å². The Bertz CT molecular complexity index is 1690. The lowest BCUT2D eigenvalue weighted by Gasteiger charge is -2.43. The number of ether oxygens (including phenoxy) is 1. The van der Waals surface area contributed by atoms with Crippen LogP contribution < -0.4 is 21.5 Å². The number of nitrogens with two attached hydrogens (primary N) is 1. The van der Waals surface area contributed by atoms with Gasteiger partial charge in [-0.3, -0.25) is 4.79 Å². The highest BCUT2D eigenvalue weighted by Crippen LogP contribution is 2.53. The van der Waals surface area contributed by atoms with Gasteiger partial charge in [0.1, 0.15) is 16.4 Å². The van der Waals surface area contributed by atoms with Crippen molar-refractivity contribution in [2.75, 3.05) is 23.7 Å². The van der Waals surface area contributed by atoms with E-state index in [1.165, 1.54) is 23.0 Å². The van der Waals surface area contributed by atoms with Crippen LogP contribution in [0.1, 0.15) is 50.2 Å². The highest BCUT2D eigenvalue weighted by molar-refractivity contribution is 7.99. The fraction of sp³-hybridized carbons (Fsp3) is 0.407. The number of fused-ring (bicyclic) bond motifs is 2. The third kappa shape index (κ3) is 5.33. The van der Waals surface area contributed by atoms with Gasteiger partial charge in [-0.25, -0.2) is 24.7 Å². The Morgan fingerprint density at radius 1 is 1.27 bits per heavy atom. The van der Waals surface area contributed by atoms with E-state index in [9.17, 15) is 9.59 Å². The molecule has 0 bridgehead atoms. The normalized spacial score (nSPS) is 18.0. The van der Waals surface area contributed by atoms with Gasteiger partial charge in [0, 0.05) is 28.3 Å². The Morgan fingerprint density at radius 2 is 2.05 bits per heavy atom. The number of aromatic amines is 1. The summed E-state index contributed by atoms with van der Waals surface area (Å²) in [6.45, 7) is 7.03. The third-order valence-electron chi connectivity index (χ3n) is 7.48. The Hall–Kier alpha value is -3.42. The van der Waals surface area contributed by atoms with Gasteiger partial charge in [-0.2, -0.15) is 0 Å². The predicted molar refractivity (Wildman–Crippen MR) is 160 cm³/mol. The summed E-state index contributed by atoms with van der Waals surface area (Å²) in [5, 5.41) is 4.24. The minimum absolute atomic E-state index is 0.142. The zero-order chi connectivity index (χ0) is 28.9. The first-order valence-electron chi connectivity index (χ1n) is 13.2. The van der Waals surface area contributed by atoms with Crippen molar-refractivity contribution in [1.82, 2.24) is 30.2 Å². The van der Waals surface area contributed by atoms with Crippen LogP contribution >= 0.6 is 34.7 Å². The summed E-state index contributed by atoms with van der Waals surface area (Å²) in [5.74, 6) is 0.968. The largest absolute Gasteiger partial charge is 0.444 e. The summed E-state index contributed by atoms with van der Waals surface area (Å²) in [6, 6.07) is 3.32. The standard InChI is InChI=1S/C27H29ClN8O3S2/c1-26(2,3)39-25(38)35-21-20-16(40-13-33-20)10-27(21)6-8-36(9-7-27)17-11-30-24(22(29)34-17)41-15-5-4-14-18(19(15)28)23(37)32-12-31-14/h4-5,11-13,21H,6-10H2,1-3H3,(H2,29,34)(H,35,38)(H,31,32,37)/t21-/m1/s1. The van der Waals surface area contributed by atoms with E-state index in [0.29, 0.717) is 31.7 Å². The van der Waals surface area contributed by atoms with E-state index in [4.69, 9.17) is 22.1 Å². The SMILES string of the molecule is CC(C)(C)OC(=O)N[C@@H]1c2ncsc2CC12CCN(c1cnc(Sc3ccc4nc[nH]c(=O)c4c3Cl)c(N)n1)CC2. The van der Waals surface area contributed by atoms with Crippen LogP contribution in [0.3, 0.4) is 0 Å². The average molecular weight is 613 g/mol. The molecule has 1 aliphatic carbocycles. The number of benzene rings is 1. The molecule has 4 heterocycles. The molecule has 214 valence electrons. The van der Waals surface area contributed by atoms with Gasteiger partial charge in [-0.15, -0.1) is 11.3 Å².